The van der Waals surface area contributed by atoms with Gasteiger partial charge in [-0.2, -0.15) is 4.31 Å². The lowest BCUT2D eigenvalue weighted by molar-refractivity contribution is -0.119. The summed E-state index contributed by atoms with van der Waals surface area (Å²) in [6.07, 6.45) is 0.733. The van der Waals surface area contributed by atoms with Gasteiger partial charge in [-0.05, 0) is 24.3 Å². The summed E-state index contributed by atoms with van der Waals surface area (Å²) in [5.41, 5.74) is 0.423. The summed E-state index contributed by atoms with van der Waals surface area (Å²) in [7, 11) is -3.63. The van der Waals surface area contributed by atoms with Crippen LogP contribution in [-0.2, 0) is 19.6 Å². The number of piperazine rings is 1. The zero-order chi connectivity index (χ0) is 20.0. The van der Waals surface area contributed by atoms with Gasteiger partial charge in [-0.25, -0.2) is 8.42 Å². The average Bonchev–Trinajstić information content (AvgIpc) is 2.74. The van der Waals surface area contributed by atoms with E-state index in [2.05, 4.69) is 10.2 Å². The standard InChI is InChI=1S/C18H26N4O5S/c23-15-21-7-9-22(10-8-21)28(25,26)17-3-1-16(2-4-17)18(24)19-5-6-20-11-13-27-14-12-20/h1-4,15H,5-14H2,(H,19,24). The van der Waals surface area contributed by atoms with Gasteiger partial charge in [-0.1, -0.05) is 0 Å². The number of amides is 2. The largest absolute Gasteiger partial charge is 0.379 e. The van der Waals surface area contributed by atoms with Crippen LogP contribution in [-0.4, -0.2) is 100 Å². The number of sulfonamides is 1. The van der Waals surface area contributed by atoms with Crippen molar-refractivity contribution in [3.63, 3.8) is 0 Å². The molecule has 0 aliphatic carbocycles. The lowest BCUT2D eigenvalue weighted by Crippen LogP contribution is -2.47. The van der Waals surface area contributed by atoms with Gasteiger partial charge >= 0.3 is 0 Å². The third-order valence-corrected chi connectivity index (χ3v) is 6.91. The summed E-state index contributed by atoms with van der Waals surface area (Å²) in [5.74, 6) is -0.225. The molecule has 28 heavy (non-hydrogen) atoms. The molecule has 9 nitrogen and oxygen atoms in total. The van der Waals surface area contributed by atoms with E-state index in [4.69, 9.17) is 4.74 Å². The van der Waals surface area contributed by atoms with Crippen molar-refractivity contribution in [1.82, 2.24) is 19.4 Å². The first-order chi connectivity index (χ1) is 13.5. The molecule has 2 amide bonds. The van der Waals surface area contributed by atoms with Crippen molar-refractivity contribution < 1.29 is 22.7 Å². The van der Waals surface area contributed by atoms with E-state index in [1.54, 1.807) is 4.90 Å². The number of ether oxygens (including phenoxy) is 1. The number of carbonyl (C=O) groups is 2. The van der Waals surface area contributed by atoms with E-state index >= 15 is 0 Å². The van der Waals surface area contributed by atoms with Crippen LogP contribution >= 0.6 is 0 Å². The Labute approximate surface area is 165 Å². The first-order valence-corrected chi connectivity index (χ1v) is 10.8. The first-order valence-electron chi connectivity index (χ1n) is 9.38. The van der Waals surface area contributed by atoms with Crippen molar-refractivity contribution in [3.8, 4) is 0 Å². The first kappa shape index (κ1) is 20.7. The maximum absolute atomic E-state index is 12.7. The van der Waals surface area contributed by atoms with E-state index in [9.17, 15) is 18.0 Å². The summed E-state index contributed by atoms with van der Waals surface area (Å²) in [5, 5.41) is 2.86. The van der Waals surface area contributed by atoms with E-state index in [0.717, 1.165) is 26.0 Å². The predicted molar refractivity (Wildman–Crippen MR) is 102 cm³/mol. The molecule has 1 N–H and O–H groups in total. The second-order valence-corrected chi connectivity index (χ2v) is 8.72. The third kappa shape index (κ3) is 5.07. The van der Waals surface area contributed by atoms with Gasteiger partial charge < -0.3 is 15.0 Å². The fourth-order valence-corrected chi connectivity index (χ4v) is 4.65. The van der Waals surface area contributed by atoms with Gasteiger partial charge in [0.25, 0.3) is 5.91 Å². The number of benzene rings is 1. The van der Waals surface area contributed by atoms with Gasteiger partial charge in [0.1, 0.15) is 0 Å². The number of morpholine rings is 1. The molecule has 0 spiro atoms. The predicted octanol–water partition coefficient (Wildman–Crippen LogP) is -0.789. The van der Waals surface area contributed by atoms with Crippen LogP contribution in [0, 0.1) is 0 Å². The van der Waals surface area contributed by atoms with Crippen molar-refractivity contribution >= 4 is 22.3 Å². The SMILES string of the molecule is O=CN1CCN(S(=O)(=O)c2ccc(C(=O)NCCN3CCOCC3)cc2)CC1. The van der Waals surface area contributed by atoms with Crippen LogP contribution in [0.2, 0.25) is 0 Å². The maximum Gasteiger partial charge on any atom is 0.251 e. The Kier molecular flexibility index (Phi) is 7.00. The molecule has 2 aliphatic heterocycles. The highest BCUT2D eigenvalue weighted by molar-refractivity contribution is 7.89. The van der Waals surface area contributed by atoms with Crippen molar-refractivity contribution in [2.45, 2.75) is 4.90 Å². The zero-order valence-electron chi connectivity index (χ0n) is 15.7. The van der Waals surface area contributed by atoms with Crippen molar-refractivity contribution in [3.05, 3.63) is 29.8 Å². The monoisotopic (exact) mass is 410 g/mol. The molecule has 154 valence electrons. The number of hydrogen-bond acceptors (Lipinski definition) is 6. The Morgan fingerprint density at radius 1 is 1.04 bits per heavy atom. The maximum atomic E-state index is 12.7. The molecule has 2 heterocycles. The minimum Gasteiger partial charge on any atom is -0.379 e. The van der Waals surface area contributed by atoms with Gasteiger partial charge in [-0.15, -0.1) is 0 Å². The molecule has 2 saturated heterocycles. The topological polar surface area (TPSA) is 99.3 Å². The van der Waals surface area contributed by atoms with Crippen molar-refractivity contribution in [1.29, 1.82) is 0 Å². The number of carbonyl (C=O) groups excluding carboxylic acids is 2. The smallest absolute Gasteiger partial charge is 0.251 e. The Hall–Kier alpha value is -2.01. The fourth-order valence-electron chi connectivity index (χ4n) is 3.23. The Morgan fingerprint density at radius 3 is 2.29 bits per heavy atom. The molecule has 0 saturated carbocycles. The molecule has 0 radical (unpaired) electrons. The Bertz CT molecular complexity index is 770. The second kappa shape index (κ2) is 9.46. The molecule has 2 aliphatic rings. The van der Waals surface area contributed by atoms with Crippen molar-refractivity contribution in [2.75, 3.05) is 65.6 Å². The van der Waals surface area contributed by atoms with Crippen LogP contribution < -0.4 is 5.32 Å². The quantitative estimate of drug-likeness (QED) is 0.592. The van der Waals surface area contributed by atoms with Crippen LogP contribution in [0.5, 0.6) is 0 Å². The highest BCUT2D eigenvalue weighted by Crippen LogP contribution is 2.18. The second-order valence-electron chi connectivity index (χ2n) is 6.78. The van der Waals surface area contributed by atoms with Crippen LogP contribution in [0.25, 0.3) is 0 Å². The van der Waals surface area contributed by atoms with E-state index in [-0.39, 0.29) is 23.9 Å². The fraction of sp³-hybridized carbons (Fsp3) is 0.556. The lowest BCUT2D eigenvalue weighted by Gasteiger charge is -2.31. The highest BCUT2D eigenvalue weighted by Gasteiger charge is 2.28. The van der Waals surface area contributed by atoms with Crippen LogP contribution in [0.3, 0.4) is 0 Å². The molecule has 3 rings (SSSR count). The number of rotatable bonds is 7. The Balaban J connectivity index is 1.53. The highest BCUT2D eigenvalue weighted by atomic mass is 32.2. The van der Waals surface area contributed by atoms with E-state index in [1.165, 1.54) is 28.6 Å². The summed E-state index contributed by atoms with van der Waals surface area (Å²) < 4.78 is 32.1. The van der Waals surface area contributed by atoms with Crippen LogP contribution in [0.1, 0.15) is 10.4 Å². The van der Waals surface area contributed by atoms with E-state index in [0.29, 0.717) is 38.4 Å². The summed E-state index contributed by atoms with van der Waals surface area (Å²) in [6.45, 7) is 5.75. The van der Waals surface area contributed by atoms with Gasteiger partial charge in [0, 0.05) is 57.9 Å². The van der Waals surface area contributed by atoms with Gasteiger partial charge in [0.2, 0.25) is 16.4 Å². The zero-order valence-corrected chi connectivity index (χ0v) is 16.6. The lowest BCUT2D eigenvalue weighted by atomic mass is 10.2. The van der Waals surface area contributed by atoms with Crippen LogP contribution in [0.15, 0.2) is 29.2 Å². The molecule has 0 bridgehead atoms. The Morgan fingerprint density at radius 2 is 1.68 bits per heavy atom. The van der Waals surface area contributed by atoms with Gasteiger partial charge in [-0.3, -0.25) is 14.5 Å². The molecule has 0 atom stereocenters. The van der Waals surface area contributed by atoms with Gasteiger partial charge in [0.05, 0.1) is 18.1 Å². The minimum atomic E-state index is -3.63. The third-order valence-electron chi connectivity index (χ3n) is 4.99. The molecule has 1 aromatic rings. The number of nitrogens with zero attached hydrogens (tertiary/aromatic N) is 3. The molecule has 10 heteroatoms. The van der Waals surface area contributed by atoms with Crippen molar-refractivity contribution in [2.24, 2.45) is 0 Å². The van der Waals surface area contributed by atoms with Gasteiger partial charge in [0.15, 0.2) is 0 Å². The molecule has 1 aromatic carbocycles. The summed E-state index contributed by atoms with van der Waals surface area (Å²) in [4.78, 5) is 27.0. The van der Waals surface area contributed by atoms with E-state index < -0.39 is 10.0 Å². The minimum absolute atomic E-state index is 0.150. The average molecular weight is 410 g/mol. The van der Waals surface area contributed by atoms with E-state index in [1.807, 2.05) is 0 Å². The number of nitrogens with one attached hydrogen (secondary N) is 1. The number of hydrogen-bond donors (Lipinski definition) is 1. The molecule has 0 unspecified atom stereocenters. The summed E-state index contributed by atoms with van der Waals surface area (Å²) in [6, 6.07) is 5.97. The molecular formula is C18H26N4O5S. The molecule has 2 fully saturated rings. The summed E-state index contributed by atoms with van der Waals surface area (Å²) >= 11 is 0. The molecular weight excluding hydrogens is 384 g/mol. The molecule has 0 aromatic heterocycles. The normalized spacial score (nSPS) is 19.4. The van der Waals surface area contributed by atoms with Crippen LogP contribution in [0.4, 0.5) is 0 Å².